The van der Waals surface area contributed by atoms with Crippen LogP contribution in [0.2, 0.25) is 0 Å². The van der Waals surface area contributed by atoms with E-state index >= 15 is 0 Å². The molecule has 0 saturated carbocycles. The van der Waals surface area contributed by atoms with Crippen molar-refractivity contribution in [3.63, 3.8) is 0 Å². The molecule has 0 rings (SSSR count). The van der Waals surface area contributed by atoms with Crippen molar-refractivity contribution in [3.8, 4) is 0 Å². The summed E-state index contributed by atoms with van der Waals surface area (Å²) >= 11 is 0. The molecule has 0 N–H and O–H groups in total. The largest absolute Gasteiger partial charge is 0.469 e. The number of nitro groups is 1. The molecule has 0 fully saturated rings. The minimum Gasteiger partial charge on any atom is -0.469 e. The Kier molecular flexibility index (Phi) is 4.99. The van der Waals surface area contributed by atoms with Crippen molar-refractivity contribution in [2.24, 2.45) is 5.92 Å². The van der Waals surface area contributed by atoms with E-state index in [1.807, 2.05) is 0 Å². The first kappa shape index (κ1) is 10.9. The molecular weight excluding hydrogens is 162 g/mol. The normalized spacial score (nSPS) is 12.2. The molecule has 0 amide bonds. The summed E-state index contributed by atoms with van der Waals surface area (Å²) in [5.41, 5.74) is 0. The van der Waals surface area contributed by atoms with E-state index in [4.69, 9.17) is 0 Å². The van der Waals surface area contributed by atoms with Crippen molar-refractivity contribution in [3.05, 3.63) is 10.1 Å². The van der Waals surface area contributed by atoms with Gasteiger partial charge in [0, 0.05) is 11.3 Å². The van der Waals surface area contributed by atoms with Crippen LogP contribution in [0.3, 0.4) is 0 Å². The van der Waals surface area contributed by atoms with Crippen LogP contribution in [0.15, 0.2) is 0 Å². The number of nitrogens with zero attached hydrogens (tertiary/aromatic N) is 1. The summed E-state index contributed by atoms with van der Waals surface area (Å²) < 4.78 is 4.46. The van der Waals surface area contributed by atoms with Gasteiger partial charge in [0.25, 0.3) is 0 Å². The molecule has 0 aromatic rings. The van der Waals surface area contributed by atoms with E-state index in [1.54, 1.807) is 6.92 Å². The number of carbonyl (C=O) groups excluding carboxylic acids is 1. The molecule has 0 aliphatic carbocycles. The quantitative estimate of drug-likeness (QED) is 0.353. The molecule has 0 aliphatic heterocycles. The minimum absolute atomic E-state index is 0.0820. The fourth-order valence-corrected chi connectivity index (χ4v) is 0.846. The standard InChI is InChI=1S/C7H13NO4/c1-6(7(9)12-2)4-3-5-8(10)11/h6H,3-5H2,1-2H3/t6-/m1/s1. The Balaban J connectivity index is 3.50. The number of hydrogen-bond donors (Lipinski definition) is 0. The molecule has 12 heavy (non-hydrogen) atoms. The van der Waals surface area contributed by atoms with Crippen molar-refractivity contribution >= 4 is 5.97 Å². The summed E-state index contributed by atoms with van der Waals surface area (Å²) in [6.07, 6.45) is 0.928. The van der Waals surface area contributed by atoms with Gasteiger partial charge in [0.15, 0.2) is 0 Å². The van der Waals surface area contributed by atoms with E-state index in [2.05, 4.69) is 4.74 Å². The number of rotatable bonds is 5. The Morgan fingerprint density at radius 3 is 2.67 bits per heavy atom. The molecular formula is C7H13NO4. The van der Waals surface area contributed by atoms with Crippen LogP contribution in [0, 0.1) is 16.0 Å². The van der Waals surface area contributed by atoms with Gasteiger partial charge < -0.3 is 4.74 Å². The summed E-state index contributed by atoms with van der Waals surface area (Å²) in [5, 5.41) is 9.91. The lowest BCUT2D eigenvalue weighted by atomic mass is 10.1. The molecule has 0 aliphatic rings. The molecule has 0 spiro atoms. The zero-order valence-corrected chi connectivity index (χ0v) is 7.28. The van der Waals surface area contributed by atoms with Gasteiger partial charge in [-0.25, -0.2) is 0 Å². The van der Waals surface area contributed by atoms with Crippen molar-refractivity contribution in [2.45, 2.75) is 19.8 Å². The first-order valence-corrected chi connectivity index (χ1v) is 3.77. The SMILES string of the molecule is COC(=O)[C@H](C)CCC[N+](=O)[O-]. The molecule has 1 atom stereocenters. The van der Waals surface area contributed by atoms with Gasteiger partial charge in [-0.05, 0) is 6.42 Å². The van der Waals surface area contributed by atoms with Crippen molar-refractivity contribution in [1.82, 2.24) is 0 Å². The van der Waals surface area contributed by atoms with Gasteiger partial charge in [-0.3, -0.25) is 14.9 Å². The van der Waals surface area contributed by atoms with Crippen LogP contribution in [0.5, 0.6) is 0 Å². The first-order chi connectivity index (χ1) is 5.57. The van der Waals surface area contributed by atoms with E-state index in [9.17, 15) is 14.9 Å². The van der Waals surface area contributed by atoms with E-state index in [0.29, 0.717) is 12.8 Å². The molecule has 0 aromatic carbocycles. The van der Waals surface area contributed by atoms with Crippen LogP contribution in [0.4, 0.5) is 0 Å². The average molecular weight is 175 g/mol. The topological polar surface area (TPSA) is 69.4 Å². The molecule has 5 heteroatoms. The van der Waals surface area contributed by atoms with E-state index in [0.717, 1.165) is 0 Å². The summed E-state index contributed by atoms with van der Waals surface area (Å²) in [5.74, 6) is -0.548. The second kappa shape index (κ2) is 5.51. The van der Waals surface area contributed by atoms with E-state index < -0.39 is 0 Å². The minimum atomic E-state index is -0.385. The van der Waals surface area contributed by atoms with Gasteiger partial charge in [0.2, 0.25) is 6.54 Å². The Morgan fingerprint density at radius 1 is 1.67 bits per heavy atom. The van der Waals surface area contributed by atoms with E-state index in [-0.39, 0.29) is 23.4 Å². The number of esters is 1. The second-order valence-electron chi connectivity index (χ2n) is 2.62. The molecule has 0 heterocycles. The van der Waals surface area contributed by atoms with Gasteiger partial charge >= 0.3 is 5.97 Å². The molecule has 5 nitrogen and oxygen atoms in total. The lowest BCUT2D eigenvalue weighted by Gasteiger charge is -2.05. The van der Waals surface area contributed by atoms with Gasteiger partial charge in [0.1, 0.15) is 0 Å². The van der Waals surface area contributed by atoms with Crippen LogP contribution in [-0.4, -0.2) is 24.5 Å². The number of carbonyl (C=O) groups is 1. The van der Waals surface area contributed by atoms with Crippen LogP contribution in [0.1, 0.15) is 19.8 Å². The number of methoxy groups -OCH3 is 1. The van der Waals surface area contributed by atoms with Crippen LogP contribution in [-0.2, 0) is 9.53 Å². The van der Waals surface area contributed by atoms with Gasteiger partial charge in [-0.2, -0.15) is 0 Å². The second-order valence-corrected chi connectivity index (χ2v) is 2.62. The lowest BCUT2D eigenvalue weighted by Crippen LogP contribution is -2.14. The van der Waals surface area contributed by atoms with Gasteiger partial charge in [-0.1, -0.05) is 6.92 Å². The maximum absolute atomic E-state index is 10.8. The maximum Gasteiger partial charge on any atom is 0.308 e. The fraction of sp³-hybridized carbons (Fsp3) is 0.857. The van der Waals surface area contributed by atoms with E-state index in [1.165, 1.54) is 7.11 Å². The van der Waals surface area contributed by atoms with Crippen LogP contribution in [0.25, 0.3) is 0 Å². The van der Waals surface area contributed by atoms with Crippen LogP contribution < -0.4 is 0 Å². The summed E-state index contributed by atoms with van der Waals surface area (Å²) in [4.78, 5) is 20.3. The Labute approximate surface area is 70.9 Å². The molecule has 0 bridgehead atoms. The van der Waals surface area contributed by atoms with Crippen molar-refractivity contribution in [2.75, 3.05) is 13.7 Å². The van der Waals surface area contributed by atoms with Gasteiger partial charge in [0.05, 0.1) is 13.0 Å². The third-order valence-electron chi connectivity index (χ3n) is 1.58. The number of ether oxygens (including phenoxy) is 1. The highest BCUT2D eigenvalue weighted by atomic mass is 16.6. The highest BCUT2D eigenvalue weighted by Gasteiger charge is 2.13. The highest BCUT2D eigenvalue weighted by molar-refractivity contribution is 5.71. The van der Waals surface area contributed by atoms with Crippen molar-refractivity contribution in [1.29, 1.82) is 0 Å². The zero-order chi connectivity index (χ0) is 9.56. The average Bonchev–Trinajstić information content (AvgIpc) is 2.02. The van der Waals surface area contributed by atoms with Crippen molar-refractivity contribution < 1.29 is 14.5 Å². The Bertz CT molecular complexity index is 169. The summed E-state index contributed by atoms with van der Waals surface area (Å²) in [7, 11) is 1.31. The fourth-order valence-electron chi connectivity index (χ4n) is 0.846. The third kappa shape index (κ3) is 4.65. The van der Waals surface area contributed by atoms with Crippen LogP contribution >= 0.6 is 0 Å². The monoisotopic (exact) mass is 175 g/mol. The Morgan fingerprint density at radius 2 is 2.25 bits per heavy atom. The smallest absolute Gasteiger partial charge is 0.308 e. The molecule has 70 valence electrons. The lowest BCUT2D eigenvalue weighted by molar-refractivity contribution is -0.480. The molecule has 0 aromatic heterocycles. The first-order valence-electron chi connectivity index (χ1n) is 3.77. The predicted octanol–water partition coefficient (Wildman–Crippen LogP) is 0.852. The third-order valence-corrected chi connectivity index (χ3v) is 1.58. The molecule has 0 radical (unpaired) electrons. The highest BCUT2D eigenvalue weighted by Crippen LogP contribution is 2.06. The van der Waals surface area contributed by atoms with Gasteiger partial charge in [-0.15, -0.1) is 0 Å². The summed E-state index contributed by atoms with van der Waals surface area (Å²) in [6.45, 7) is 1.62. The Hall–Kier alpha value is -1.13. The zero-order valence-electron chi connectivity index (χ0n) is 7.28. The number of hydrogen-bond acceptors (Lipinski definition) is 4. The molecule has 0 saturated heterocycles. The summed E-state index contributed by atoms with van der Waals surface area (Å²) in [6, 6.07) is 0. The maximum atomic E-state index is 10.8. The molecule has 0 unspecified atom stereocenters. The predicted molar refractivity (Wildman–Crippen MR) is 42.3 cm³/mol.